The summed E-state index contributed by atoms with van der Waals surface area (Å²) in [7, 11) is 0. The molecule has 0 heterocycles. The van der Waals surface area contributed by atoms with Crippen LogP contribution in [0.1, 0.15) is 84.0 Å². The maximum atomic E-state index is 11.7. The average Bonchev–Trinajstić information content (AvgIpc) is 2.49. The fourth-order valence-corrected chi connectivity index (χ4v) is 2.39. The van der Waals surface area contributed by atoms with Crippen LogP contribution >= 0.6 is 0 Å². The zero-order chi connectivity index (χ0) is 17.5. The summed E-state index contributed by atoms with van der Waals surface area (Å²) in [4.78, 5) is 33.1. The van der Waals surface area contributed by atoms with Crippen molar-refractivity contribution in [3.63, 3.8) is 0 Å². The van der Waals surface area contributed by atoms with E-state index in [0.717, 1.165) is 19.3 Å². The maximum absolute atomic E-state index is 11.7. The van der Waals surface area contributed by atoms with E-state index >= 15 is 0 Å². The fraction of sp³-hybridized carbons (Fsp3) is 0.824. The predicted molar refractivity (Wildman–Crippen MR) is 88.3 cm³/mol. The fourth-order valence-electron chi connectivity index (χ4n) is 2.39. The van der Waals surface area contributed by atoms with Crippen LogP contribution in [0.4, 0.5) is 0 Å². The number of aliphatic carboxylic acids is 2. The largest absolute Gasteiger partial charge is 1.00 e. The van der Waals surface area contributed by atoms with Gasteiger partial charge in [-0.2, -0.15) is 0 Å². The molecule has 0 fully saturated rings. The molecule has 1 atom stereocenters. The van der Waals surface area contributed by atoms with Crippen LogP contribution in [0.2, 0.25) is 0 Å². The van der Waals surface area contributed by atoms with Crippen molar-refractivity contribution in [3.05, 3.63) is 0 Å². The molecule has 0 spiro atoms. The Bertz CT molecular complexity index is 363. The Labute approximate surface area is 187 Å². The number of nitrogens with one attached hydrogen (secondary N) is 1. The van der Waals surface area contributed by atoms with E-state index in [4.69, 9.17) is 10.2 Å². The summed E-state index contributed by atoms with van der Waals surface area (Å²) in [5.41, 5.74) is 0. The van der Waals surface area contributed by atoms with Gasteiger partial charge < -0.3 is 15.5 Å². The molecule has 0 aromatic rings. The van der Waals surface area contributed by atoms with Gasteiger partial charge in [0.05, 0.1) is 0 Å². The summed E-state index contributed by atoms with van der Waals surface area (Å²) in [5.74, 6) is -2.57. The standard InChI is InChI=1S/C17H31NO5.K/c1-2-3-4-5-6-7-8-9-10-11-15(19)18-14(17(22)23)12-13-16(20)21;/h14H,2-13H2,1H3,(H,18,19)(H,20,21)(H,22,23);/q;+1/t14-;/m1./s1. The van der Waals surface area contributed by atoms with Gasteiger partial charge in [0.2, 0.25) is 5.91 Å². The van der Waals surface area contributed by atoms with Crippen molar-refractivity contribution in [2.45, 2.75) is 90.0 Å². The van der Waals surface area contributed by atoms with Crippen molar-refractivity contribution >= 4 is 17.8 Å². The Morgan fingerprint density at radius 2 is 1.33 bits per heavy atom. The number of amides is 1. The van der Waals surface area contributed by atoms with Gasteiger partial charge in [0.25, 0.3) is 0 Å². The number of unbranched alkanes of at least 4 members (excludes halogenated alkanes) is 8. The number of rotatable bonds is 15. The summed E-state index contributed by atoms with van der Waals surface area (Å²) >= 11 is 0. The molecule has 7 heteroatoms. The Morgan fingerprint density at radius 3 is 1.79 bits per heavy atom. The first-order valence-corrected chi connectivity index (χ1v) is 8.71. The van der Waals surface area contributed by atoms with Gasteiger partial charge in [0, 0.05) is 12.8 Å². The molecule has 0 bridgehead atoms. The van der Waals surface area contributed by atoms with Crippen LogP contribution in [0.3, 0.4) is 0 Å². The number of carboxylic acid groups (broad SMARTS) is 2. The molecule has 134 valence electrons. The second-order valence-electron chi connectivity index (χ2n) is 5.97. The number of carbonyl (C=O) groups is 3. The number of hydrogen-bond donors (Lipinski definition) is 3. The quantitative estimate of drug-likeness (QED) is 0.286. The molecule has 0 saturated carbocycles. The SMILES string of the molecule is CCCCCCCCCCCC(=O)N[C@H](CCC(=O)O)C(=O)O.[K+]. The van der Waals surface area contributed by atoms with E-state index in [-0.39, 0.29) is 70.1 Å². The minimum atomic E-state index is -1.19. The molecule has 0 saturated heterocycles. The molecule has 0 aromatic heterocycles. The van der Waals surface area contributed by atoms with Crippen molar-refractivity contribution in [1.82, 2.24) is 5.32 Å². The molecule has 0 unspecified atom stereocenters. The van der Waals surface area contributed by atoms with E-state index in [1.54, 1.807) is 0 Å². The van der Waals surface area contributed by atoms with Gasteiger partial charge in [0.15, 0.2) is 0 Å². The monoisotopic (exact) mass is 368 g/mol. The van der Waals surface area contributed by atoms with Crippen LogP contribution in [-0.2, 0) is 14.4 Å². The van der Waals surface area contributed by atoms with E-state index in [1.165, 1.54) is 38.5 Å². The Kier molecular flexibility index (Phi) is 19.6. The number of carboxylic acids is 2. The van der Waals surface area contributed by atoms with Crippen LogP contribution < -0.4 is 56.7 Å². The molecule has 0 rings (SSSR count). The molecule has 0 aliphatic heterocycles. The van der Waals surface area contributed by atoms with Gasteiger partial charge in [-0.1, -0.05) is 58.3 Å². The van der Waals surface area contributed by atoms with Gasteiger partial charge in [-0.15, -0.1) is 0 Å². The first-order valence-electron chi connectivity index (χ1n) is 8.71. The van der Waals surface area contributed by atoms with E-state index in [9.17, 15) is 14.4 Å². The molecule has 1 amide bonds. The van der Waals surface area contributed by atoms with Crippen molar-refractivity contribution < 1.29 is 76.0 Å². The normalized spacial score (nSPS) is 11.4. The van der Waals surface area contributed by atoms with Gasteiger partial charge in [-0.25, -0.2) is 4.79 Å². The van der Waals surface area contributed by atoms with Gasteiger partial charge in [0.1, 0.15) is 6.04 Å². The molecule has 0 aromatic carbocycles. The summed E-state index contributed by atoms with van der Waals surface area (Å²) in [6.45, 7) is 2.20. The predicted octanol–water partition coefficient (Wildman–Crippen LogP) is 0.346. The molecule has 6 nitrogen and oxygen atoms in total. The topological polar surface area (TPSA) is 104 Å². The van der Waals surface area contributed by atoms with Crippen LogP contribution in [-0.4, -0.2) is 34.1 Å². The minimum Gasteiger partial charge on any atom is -0.481 e. The molecule has 0 aliphatic carbocycles. The van der Waals surface area contributed by atoms with Crippen molar-refractivity contribution in [1.29, 1.82) is 0 Å². The number of carbonyl (C=O) groups excluding carboxylic acids is 1. The van der Waals surface area contributed by atoms with E-state index in [2.05, 4.69) is 12.2 Å². The van der Waals surface area contributed by atoms with Crippen LogP contribution in [0.15, 0.2) is 0 Å². The molecule has 3 N–H and O–H groups in total. The summed E-state index contributed by atoms with van der Waals surface area (Å²) in [5, 5.41) is 19.9. The van der Waals surface area contributed by atoms with Crippen molar-refractivity contribution in [2.75, 3.05) is 0 Å². The smallest absolute Gasteiger partial charge is 0.481 e. The average molecular weight is 369 g/mol. The summed E-state index contributed by atoms with van der Waals surface area (Å²) < 4.78 is 0. The zero-order valence-electron chi connectivity index (χ0n) is 15.2. The van der Waals surface area contributed by atoms with E-state index in [0.29, 0.717) is 6.42 Å². The molecular weight excluding hydrogens is 337 g/mol. The maximum Gasteiger partial charge on any atom is 1.00 e. The summed E-state index contributed by atoms with van der Waals surface area (Å²) in [6, 6.07) is -1.11. The Hall–Kier alpha value is 0.0464. The van der Waals surface area contributed by atoms with Crippen molar-refractivity contribution in [3.8, 4) is 0 Å². The first kappa shape index (κ1) is 26.3. The molecular formula is C17H31KNO5+. The van der Waals surface area contributed by atoms with Crippen LogP contribution in [0.5, 0.6) is 0 Å². The summed E-state index contributed by atoms with van der Waals surface area (Å²) in [6.07, 6.45) is 10.3. The minimum absolute atomic E-state index is 0. The zero-order valence-corrected chi connectivity index (χ0v) is 18.3. The van der Waals surface area contributed by atoms with E-state index < -0.39 is 18.0 Å². The first-order chi connectivity index (χ1) is 11.0. The third-order valence-electron chi connectivity index (χ3n) is 3.79. The third kappa shape index (κ3) is 16.9. The van der Waals surface area contributed by atoms with E-state index in [1.807, 2.05) is 0 Å². The Balaban J connectivity index is 0. The third-order valence-corrected chi connectivity index (χ3v) is 3.79. The van der Waals surface area contributed by atoms with Gasteiger partial charge >= 0.3 is 63.3 Å². The van der Waals surface area contributed by atoms with Crippen LogP contribution in [0.25, 0.3) is 0 Å². The molecule has 0 radical (unpaired) electrons. The second-order valence-corrected chi connectivity index (χ2v) is 5.97. The Morgan fingerprint density at radius 1 is 0.833 bits per heavy atom. The second kappa shape index (κ2) is 17.9. The van der Waals surface area contributed by atoms with Gasteiger partial charge in [-0.3, -0.25) is 9.59 Å². The number of hydrogen-bond acceptors (Lipinski definition) is 3. The molecule has 24 heavy (non-hydrogen) atoms. The molecule has 0 aliphatic rings. The van der Waals surface area contributed by atoms with Crippen molar-refractivity contribution in [2.24, 2.45) is 0 Å². The van der Waals surface area contributed by atoms with Gasteiger partial charge in [-0.05, 0) is 12.8 Å². The van der Waals surface area contributed by atoms with Crippen LogP contribution in [0, 0.1) is 0 Å².